The summed E-state index contributed by atoms with van der Waals surface area (Å²) in [5.41, 5.74) is 0.963. The summed E-state index contributed by atoms with van der Waals surface area (Å²) in [4.78, 5) is 34.0. The molecule has 1 atom stereocenters. The Hall–Kier alpha value is -3.64. The van der Waals surface area contributed by atoms with Gasteiger partial charge in [-0.2, -0.15) is 5.10 Å². The van der Waals surface area contributed by atoms with Gasteiger partial charge in [0.1, 0.15) is 11.7 Å². The molecule has 1 saturated carbocycles. The van der Waals surface area contributed by atoms with Crippen LogP contribution in [0, 0.1) is 17.6 Å². The number of rotatable bonds is 7. The third-order valence-electron chi connectivity index (χ3n) is 6.90. The molecule has 1 unspecified atom stereocenters. The van der Waals surface area contributed by atoms with Crippen molar-refractivity contribution in [1.82, 2.24) is 20.1 Å². The quantitative estimate of drug-likeness (QED) is 0.289. The number of amidine groups is 1. The highest BCUT2D eigenvalue weighted by molar-refractivity contribution is 7.11. The molecule has 0 spiro atoms. The number of carboxylic acids is 1. The molecular formula is C26H24ClF2N5O4S. The van der Waals surface area contributed by atoms with E-state index < -0.39 is 34.6 Å². The summed E-state index contributed by atoms with van der Waals surface area (Å²) >= 11 is 7.58. The van der Waals surface area contributed by atoms with Crippen molar-refractivity contribution in [2.24, 2.45) is 10.9 Å². The Morgan fingerprint density at radius 3 is 2.64 bits per heavy atom. The van der Waals surface area contributed by atoms with Gasteiger partial charge >= 0.3 is 11.9 Å². The number of hydrogen-bond acceptors (Lipinski definition) is 8. The summed E-state index contributed by atoms with van der Waals surface area (Å²) in [5, 5.41) is 18.9. The lowest BCUT2D eigenvalue weighted by Gasteiger charge is -2.35. The Bertz CT molecular complexity index is 1460. The van der Waals surface area contributed by atoms with Crippen LogP contribution in [-0.4, -0.2) is 44.3 Å². The van der Waals surface area contributed by atoms with Crippen LogP contribution in [0.5, 0.6) is 0 Å². The molecule has 0 saturated heterocycles. The Balaban J connectivity index is 1.56. The van der Waals surface area contributed by atoms with E-state index in [0.717, 1.165) is 6.07 Å². The number of hydrogen-bond donors (Lipinski definition) is 2. The molecule has 204 valence electrons. The molecule has 2 aliphatic rings. The number of carboxylic acid groups (broad SMARTS) is 1. The predicted octanol–water partition coefficient (Wildman–Crippen LogP) is 5.31. The molecule has 0 amide bonds. The summed E-state index contributed by atoms with van der Waals surface area (Å²) in [6.45, 7) is 1.77. The number of esters is 1. The SMILES string of the molecule is CCOC(=O)C1=C([C@H]2CC[C@H](n3nccc3C(=O)O)CC2)NC(c2nccs2)=NC1c1ccc(F)c(F)c1Cl. The zero-order valence-corrected chi connectivity index (χ0v) is 22.3. The van der Waals surface area contributed by atoms with E-state index >= 15 is 0 Å². The van der Waals surface area contributed by atoms with Crippen LogP contribution in [0.3, 0.4) is 0 Å². The average molecular weight is 576 g/mol. The van der Waals surface area contributed by atoms with Crippen LogP contribution in [0.4, 0.5) is 8.78 Å². The maximum Gasteiger partial charge on any atom is 0.354 e. The van der Waals surface area contributed by atoms with Gasteiger partial charge in [0.25, 0.3) is 0 Å². The number of nitrogens with one attached hydrogen (secondary N) is 1. The van der Waals surface area contributed by atoms with E-state index in [1.54, 1.807) is 18.5 Å². The van der Waals surface area contributed by atoms with Gasteiger partial charge in [0.05, 0.1) is 23.2 Å². The van der Waals surface area contributed by atoms with Crippen molar-refractivity contribution in [2.45, 2.75) is 44.7 Å². The first kappa shape index (κ1) is 26.9. The molecule has 9 nitrogen and oxygen atoms in total. The highest BCUT2D eigenvalue weighted by Crippen LogP contribution is 2.43. The number of aromatic carboxylic acids is 1. The lowest BCUT2D eigenvalue weighted by atomic mass is 9.80. The number of aromatic nitrogens is 3. The van der Waals surface area contributed by atoms with Gasteiger partial charge in [-0.15, -0.1) is 11.3 Å². The fraction of sp³-hybridized carbons (Fsp3) is 0.346. The third-order valence-corrected chi connectivity index (χ3v) is 8.07. The monoisotopic (exact) mass is 575 g/mol. The predicted molar refractivity (Wildman–Crippen MR) is 140 cm³/mol. The van der Waals surface area contributed by atoms with E-state index in [4.69, 9.17) is 16.3 Å². The van der Waals surface area contributed by atoms with E-state index in [-0.39, 0.29) is 35.4 Å². The first-order chi connectivity index (χ1) is 18.8. The van der Waals surface area contributed by atoms with E-state index in [9.17, 15) is 23.5 Å². The first-order valence-corrected chi connectivity index (χ1v) is 13.6. The molecule has 1 aliphatic carbocycles. The van der Waals surface area contributed by atoms with E-state index in [2.05, 4.69) is 20.4 Å². The van der Waals surface area contributed by atoms with Crippen LogP contribution in [0.25, 0.3) is 0 Å². The number of halogens is 3. The first-order valence-electron chi connectivity index (χ1n) is 12.4. The van der Waals surface area contributed by atoms with Crippen molar-refractivity contribution in [3.05, 3.63) is 80.2 Å². The minimum absolute atomic E-state index is 0.0981. The van der Waals surface area contributed by atoms with E-state index in [1.807, 2.05) is 0 Å². The Morgan fingerprint density at radius 2 is 1.97 bits per heavy atom. The number of nitrogens with zero attached hydrogens (tertiary/aromatic N) is 4. The topological polar surface area (TPSA) is 119 Å². The molecule has 3 aromatic rings. The van der Waals surface area contributed by atoms with Crippen molar-refractivity contribution < 1.29 is 28.2 Å². The Labute approximate surface area is 231 Å². The number of aliphatic imine (C=N–C) groups is 1. The molecule has 0 bridgehead atoms. The summed E-state index contributed by atoms with van der Waals surface area (Å²) in [7, 11) is 0. The maximum atomic E-state index is 14.5. The number of allylic oxidation sites excluding steroid dienone is 1. The second kappa shape index (κ2) is 11.2. The molecule has 1 aliphatic heterocycles. The minimum atomic E-state index is -1.22. The molecule has 1 fully saturated rings. The third kappa shape index (κ3) is 5.18. The summed E-state index contributed by atoms with van der Waals surface area (Å²) in [6, 6.07) is 2.55. The molecule has 39 heavy (non-hydrogen) atoms. The van der Waals surface area contributed by atoms with Crippen molar-refractivity contribution in [1.29, 1.82) is 0 Å². The number of carbonyl (C=O) groups is 2. The van der Waals surface area contributed by atoms with Crippen molar-refractivity contribution >= 4 is 40.7 Å². The van der Waals surface area contributed by atoms with Crippen LogP contribution in [-0.2, 0) is 9.53 Å². The van der Waals surface area contributed by atoms with Gasteiger partial charge in [-0.25, -0.2) is 23.4 Å². The fourth-order valence-corrected chi connectivity index (χ4v) is 5.97. The van der Waals surface area contributed by atoms with Gasteiger partial charge in [-0.1, -0.05) is 17.7 Å². The van der Waals surface area contributed by atoms with E-state index in [0.29, 0.717) is 42.2 Å². The molecule has 2 aromatic heterocycles. The van der Waals surface area contributed by atoms with Crippen LogP contribution < -0.4 is 5.32 Å². The highest BCUT2D eigenvalue weighted by atomic mass is 35.5. The highest BCUT2D eigenvalue weighted by Gasteiger charge is 2.39. The lowest BCUT2D eigenvalue weighted by Crippen LogP contribution is -2.38. The van der Waals surface area contributed by atoms with Gasteiger partial charge in [0.2, 0.25) is 0 Å². The summed E-state index contributed by atoms with van der Waals surface area (Å²) in [6.07, 6.45) is 5.48. The molecular weight excluding hydrogens is 552 g/mol. The zero-order chi connectivity index (χ0) is 27.7. The van der Waals surface area contributed by atoms with Gasteiger partial charge in [0, 0.05) is 29.0 Å². The molecule has 0 radical (unpaired) electrons. The van der Waals surface area contributed by atoms with Crippen molar-refractivity contribution in [3.63, 3.8) is 0 Å². The van der Waals surface area contributed by atoms with Crippen LogP contribution in [0.15, 0.2) is 52.2 Å². The molecule has 3 heterocycles. The molecule has 2 N–H and O–H groups in total. The van der Waals surface area contributed by atoms with Gasteiger partial charge in [-0.3, -0.25) is 9.67 Å². The van der Waals surface area contributed by atoms with Gasteiger partial charge in [0.15, 0.2) is 22.5 Å². The van der Waals surface area contributed by atoms with Crippen LogP contribution in [0.2, 0.25) is 5.02 Å². The van der Waals surface area contributed by atoms with Gasteiger partial charge in [-0.05, 0) is 50.7 Å². The minimum Gasteiger partial charge on any atom is -0.477 e. The number of ether oxygens (including phenoxy) is 1. The normalized spacial score (nSPS) is 21.3. The Morgan fingerprint density at radius 1 is 1.21 bits per heavy atom. The molecule has 5 rings (SSSR count). The lowest BCUT2D eigenvalue weighted by molar-refractivity contribution is -0.139. The number of thiazole rings is 1. The summed E-state index contributed by atoms with van der Waals surface area (Å²) < 4.78 is 35.4. The standard InChI is InChI=1S/C26H24ClF2N5O4S/c1-2-38-26(37)18-21(13-3-5-14(6-4-13)34-17(25(35)36)9-10-31-34)32-23(24-30-11-12-39-24)33-22(18)15-7-8-16(28)20(29)19(15)27/h7-14,22H,2-6H2,1H3,(H,32,33)(H,35,36)/t13-,14-,22?. The largest absolute Gasteiger partial charge is 0.477 e. The molecule has 1 aromatic carbocycles. The van der Waals surface area contributed by atoms with Crippen LogP contribution in [0.1, 0.15) is 65.8 Å². The fourth-order valence-electron chi connectivity index (χ4n) is 5.13. The summed E-state index contributed by atoms with van der Waals surface area (Å²) in [5.74, 6) is -3.82. The number of benzene rings is 1. The smallest absolute Gasteiger partial charge is 0.354 e. The maximum absolute atomic E-state index is 14.5. The Kier molecular flexibility index (Phi) is 7.76. The van der Waals surface area contributed by atoms with Crippen LogP contribution >= 0.6 is 22.9 Å². The van der Waals surface area contributed by atoms with Gasteiger partial charge < -0.3 is 15.2 Å². The van der Waals surface area contributed by atoms with E-state index in [1.165, 1.54) is 34.3 Å². The molecule has 13 heteroatoms. The van der Waals surface area contributed by atoms with Crippen molar-refractivity contribution in [3.8, 4) is 0 Å². The zero-order valence-electron chi connectivity index (χ0n) is 20.7. The second-order valence-electron chi connectivity index (χ2n) is 9.13. The average Bonchev–Trinajstić information content (AvgIpc) is 3.65. The van der Waals surface area contributed by atoms with Crippen molar-refractivity contribution in [2.75, 3.05) is 6.61 Å². The number of carbonyl (C=O) groups excluding carboxylic acids is 1. The second-order valence-corrected chi connectivity index (χ2v) is 10.4.